The maximum absolute atomic E-state index is 12.6. The van der Waals surface area contributed by atoms with Crippen molar-refractivity contribution in [1.82, 2.24) is 9.80 Å². The van der Waals surface area contributed by atoms with Gasteiger partial charge < -0.3 is 15.1 Å². The first kappa shape index (κ1) is 16.1. The zero-order valence-corrected chi connectivity index (χ0v) is 13.3. The molecule has 2 rings (SSSR count). The molecule has 2 N–H and O–H groups in total. The zero-order valence-electron chi connectivity index (χ0n) is 13.3. The standard InChI is InChI=1S/C15H26N2O4/c1-5-11(17(13(19)20)14(2,3)4)12(18)16-8-15(21,9-16)10-6-7-10/h10-11,21H,5-9H2,1-4H3,(H,19,20)/t11-/m0/s1. The van der Waals surface area contributed by atoms with Gasteiger partial charge in [-0.05, 0) is 46.0 Å². The highest BCUT2D eigenvalue weighted by atomic mass is 16.4. The lowest BCUT2D eigenvalue weighted by Gasteiger charge is -2.49. The van der Waals surface area contributed by atoms with E-state index < -0.39 is 23.3 Å². The predicted molar refractivity (Wildman–Crippen MR) is 77.9 cm³/mol. The first-order valence-corrected chi connectivity index (χ1v) is 7.63. The number of likely N-dealkylation sites (tertiary alicyclic amines) is 1. The van der Waals surface area contributed by atoms with Crippen LogP contribution in [0.3, 0.4) is 0 Å². The van der Waals surface area contributed by atoms with Crippen LogP contribution in [-0.2, 0) is 4.79 Å². The maximum Gasteiger partial charge on any atom is 0.408 e. The van der Waals surface area contributed by atoms with Crippen LogP contribution in [0.2, 0.25) is 0 Å². The minimum Gasteiger partial charge on any atom is -0.465 e. The van der Waals surface area contributed by atoms with Crippen molar-refractivity contribution in [2.45, 2.75) is 64.1 Å². The first-order chi connectivity index (χ1) is 9.60. The molecule has 6 heteroatoms. The Kier molecular flexibility index (Phi) is 3.95. The molecule has 0 aromatic carbocycles. The van der Waals surface area contributed by atoms with E-state index in [2.05, 4.69) is 0 Å². The summed E-state index contributed by atoms with van der Waals surface area (Å²) in [6, 6.07) is -0.689. The Balaban J connectivity index is 2.06. The van der Waals surface area contributed by atoms with E-state index in [0.717, 1.165) is 12.8 Å². The van der Waals surface area contributed by atoms with Crippen molar-refractivity contribution < 1.29 is 19.8 Å². The number of hydrogen-bond acceptors (Lipinski definition) is 3. The third kappa shape index (κ3) is 3.00. The van der Waals surface area contributed by atoms with Crippen LogP contribution in [0, 0.1) is 5.92 Å². The quantitative estimate of drug-likeness (QED) is 0.824. The number of carbonyl (C=O) groups is 2. The van der Waals surface area contributed by atoms with Gasteiger partial charge in [0.2, 0.25) is 5.91 Å². The summed E-state index contributed by atoms with van der Waals surface area (Å²) >= 11 is 0. The topological polar surface area (TPSA) is 81.1 Å². The summed E-state index contributed by atoms with van der Waals surface area (Å²) in [5.74, 6) is 0.125. The van der Waals surface area contributed by atoms with Gasteiger partial charge in [0.05, 0.1) is 13.1 Å². The number of hydrogen-bond donors (Lipinski definition) is 2. The molecule has 1 saturated carbocycles. The number of carbonyl (C=O) groups excluding carboxylic acids is 1. The van der Waals surface area contributed by atoms with Gasteiger partial charge in [0.25, 0.3) is 0 Å². The predicted octanol–water partition coefficient (Wildman–Crippen LogP) is 1.53. The molecule has 1 saturated heterocycles. The molecule has 1 aliphatic carbocycles. The van der Waals surface area contributed by atoms with E-state index in [0.29, 0.717) is 25.4 Å². The fraction of sp³-hybridized carbons (Fsp3) is 0.867. The summed E-state index contributed by atoms with van der Waals surface area (Å²) in [4.78, 5) is 26.9. The van der Waals surface area contributed by atoms with Gasteiger partial charge in [-0.1, -0.05) is 6.92 Å². The van der Waals surface area contributed by atoms with E-state index in [1.807, 2.05) is 6.92 Å². The number of amides is 2. The summed E-state index contributed by atoms with van der Waals surface area (Å²) in [5, 5.41) is 19.7. The van der Waals surface area contributed by atoms with E-state index in [9.17, 15) is 19.8 Å². The average Bonchev–Trinajstić information content (AvgIpc) is 3.12. The molecule has 0 unspecified atom stereocenters. The molecule has 2 aliphatic rings. The van der Waals surface area contributed by atoms with Gasteiger partial charge >= 0.3 is 6.09 Å². The van der Waals surface area contributed by atoms with Gasteiger partial charge in [-0.3, -0.25) is 9.69 Å². The minimum absolute atomic E-state index is 0.194. The number of carboxylic acid groups (broad SMARTS) is 1. The van der Waals surface area contributed by atoms with Crippen LogP contribution in [0.15, 0.2) is 0 Å². The molecule has 120 valence electrons. The summed E-state index contributed by atoms with van der Waals surface area (Å²) in [6.45, 7) is 7.85. The average molecular weight is 298 g/mol. The Morgan fingerprint density at radius 1 is 1.33 bits per heavy atom. The van der Waals surface area contributed by atoms with Crippen molar-refractivity contribution in [3.8, 4) is 0 Å². The van der Waals surface area contributed by atoms with Crippen LogP contribution in [0.5, 0.6) is 0 Å². The molecule has 0 bridgehead atoms. The minimum atomic E-state index is -1.08. The molecule has 2 amide bonds. The van der Waals surface area contributed by atoms with Crippen molar-refractivity contribution in [2.24, 2.45) is 5.92 Å². The molecule has 1 heterocycles. The van der Waals surface area contributed by atoms with E-state index >= 15 is 0 Å². The number of aliphatic hydroxyl groups is 1. The second kappa shape index (κ2) is 5.16. The van der Waals surface area contributed by atoms with E-state index in [-0.39, 0.29) is 5.91 Å². The molecule has 1 aliphatic heterocycles. The lowest BCUT2D eigenvalue weighted by atomic mass is 9.87. The monoisotopic (exact) mass is 298 g/mol. The Labute approximate surface area is 125 Å². The van der Waals surface area contributed by atoms with Gasteiger partial charge in [0.1, 0.15) is 11.6 Å². The second-order valence-electron chi connectivity index (χ2n) is 7.32. The molecule has 0 aromatic rings. The Bertz CT molecular complexity index is 433. The first-order valence-electron chi connectivity index (χ1n) is 7.63. The lowest BCUT2D eigenvalue weighted by molar-refractivity contribution is -0.165. The highest BCUT2D eigenvalue weighted by molar-refractivity contribution is 5.86. The Morgan fingerprint density at radius 2 is 1.86 bits per heavy atom. The SMILES string of the molecule is CC[C@@H](C(=O)N1CC(O)(C2CC2)C1)N(C(=O)O)C(C)(C)C. The van der Waals surface area contributed by atoms with Gasteiger partial charge in [0, 0.05) is 5.54 Å². The molecule has 0 aromatic heterocycles. The van der Waals surface area contributed by atoms with E-state index in [4.69, 9.17) is 0 Å². The van der Waals surface area contributed by atoms with Crippen LogP contribution in [0.25, 0.3) is 0 Å². The third-order valence-corrected chi connectivity index (χ3v) is 4.49. The van der Waals surface area contributed by atoms with Crippen molar-refractivity contribution in [2.75, 3.05) is 13.1 Å². The van der Waals surface area contributed by atoms with Crippen molar-refractivity contribution in [3.63, 3.8) is 0 Å². The molecular formula is C15H26N2O4. The summed E-state index contributed by atoms with van der Waals surface area (Å²) in [6.07, 6.45) is 1.40. The smallest absolute Gasteiger partial charge is 0.408 e. The van der Waals surface area contributed by atoms with Gasteiger partial charge in [0.15, 0.2) is 0 Å². The zero-order chi connectivity index (χ0) is 16.0. The van der Waals surface area contributed by atoms with E-state index in [1.54, 1.807) is 25.7 Å². The third-order valence-electron chi connectivity index (χ3n) is 4.49. The van der Waals surface area contributed by atoms with Crippen LogP contribution < -0.4 is 0 Å². The highest BCUT2D eigenvalue weighted by Gasteiger charge is 2.54. The number of rotatable bonds is 4. The number of nitrogens with zero attached hydrogens (tertiary/aromatic N) is 2. The van der Waals surface area contributed by atoms with Crippen LogP contribution in [0.4, 0.5) is 4.79 Å². The van der Waals surface area contributed by atoms with Crippen LogP contribution in [0.1, 0.15) is 47.0 Å². The molecule has 6 nitrogen and oxygen atoms in total. The van der Waals surface area contributed by atoms with Gasteiger partial charge in [-0.2, -0.15) is 0 Å². The summed E-state index contributed by atoms with van der Waals surface area (Å²) in [5.41, 5.74) is -1.37. The fourth-order valence-corrected chi connectivity index (χ4v) is 3.22. The number of β-amino-alcohol motifs (C(OH)–C–C–N with tert-alkyl or cyclic N) is 1. The van der Waals surface area contributed by atoms with E-state index in [1.165, 1.54) is 4.90 Å². The molecule has 0 spiro atoms. The van der Waals surface area contributed by atoms with Crippen molar-refractivity contribution in [3.05, 3.63) is 0 Å². The van der Waals surface area contributed by atoms with Gasteiger partial charge in [-0.15, -0.1) is 0 Å². The van der Waals surface area contributed by atoms with Crippen molar-refractivity contribution in [1.29, 1.82) is 0 Å². The maximum atomic E-state index is 12.6. The summed E-state index contributed by atoms with van der Waals surface area (Å²) < 4.78 is 0. The lowest BCUT2D eigenvalue weighted by Crippen LogP contribution is -2.68. The van der Waals surface area contributed by atoms with Crippen LogP contribution in [-0.4, -0.2) is 62.3 Å². The molecule has 21 heavy (non-hydrogen) atoms. The second-order valence-corrected chi connectivity index (χ2v) is 7.32. The largest absolute Gasteiger partial charge is 0.465 e. The summed E-state index contributed by atoms with van der Waals surface area (Å²) in [7, 11) is 0. The molecule has 2 fully saturated rings. The Morgan fingerprint density at radius 3 is 2.19 bits per heavy atom. The molecule has 0 radical (unpaired) electrons. The highest BCUT2D eigenvalue weighted by Crippen LogP contribution is 2.44. The fourth-order valence-electron chi connectivity index (χ4n) is 3.22. The van der Waals surface area contributed by atoms with Gasteiger partial charge in [-0.25, -0.2) is 4.79 Å². The molecule has 1 atom stereocenters. The van der Waals surface area contributed by atoms with Crippen molar-refractivity contribution >= 4 is 12.0 Å². The van der Waals surface area contributed by atoms with Crippen LogP contribution >= 0.6 is 0 Å². The Hall–Kier alpha value is -1.30. The molecular weight excluding hydrogens is 272 g/mol. The normalized spacial score (nSPS) is 22.4.